The van der Waals surface area contributed by atoms with E-state index in [-0.39, 0.29) is 0 Å². The average molecular weight is 268 g/mol. The Bertz CT molecular complexity index is 320. The van der Waals surface area contributed by atoms with Crippen molar-refractivity contribution < 1.29 is 0 Å². The van der Waals surface area contributed by atoms with Gasteiger partial charge in [-0.1, -0.05) is 35.0 Å². The van der Waals surface area contributed by atoms with Gasteiger partial charge in [-0.25, -0.2) is 0 Å². The minimum atomic E-state index is 0.726. The van der Waals surface area contributed by atoms with Gasteiger partial charge in [-0.2, -0.15) is 0 Å². The largest absolute Gasteiger partial charge is 0.310 e. The van der Waals surface area contributed by atoms with Crippen molar-refractivity contribution in [2.75, 3.05) is 0 Å². The van der Waals surface area contributed by atoms with Gasteiger partial charge in [-0.15, -0.1) is 0 Å². The van der Waals surface area contributed by atoms with Crippen molar-refractivity contribution in [3.63, 3.8) is 0 Å². The fourth-order valence-corrected chi connectivity index (χ4v) is 2.49. The summed E-state index contributed by atoms with van der Waals surface area (Å²) in [4.78, 5) is 0. The van der Waals surface area contributed by atoms with Crippen molar-refractivity contribution in [1.29, 1.82) is 0 Å². The van der Waals surface area contributed by atoms with Crippen LogP contribution in [0.5, 0.6) is 0 Å². The SMILES string of the molecule is CCC(NCc1cccc(Br)c1)C1CC1. The van der Waals surface area contributed by atoms with Gasteiger partial charge in [-0.3, -0.25) is 0 Å². The fourth-order valence-electron chi connectivity index (χ4n) is 2.04. The molecule has 1 aliphatic rings. The zero-order valence-corrected chi connectivity index (χ0v) is 10.8. The Labute approximate surface area is 100 Å². The van der Waals surface area contributed by atoms with Crippen LogP contribution in [0.4, 0.5) is 0 Å². The van der Waals surface area contributed by atoms with E-state index >= 15 is 0 Å². The van der Waals surface area contributed by atoms with Crippen molar-refractivity contribution in [3.8, 4) is 0 Å². The van der Waals surface area contributed by atoms with Crippen LogP contribution in [0, 0.1) is 5.92 Å². The lowest BCUT2D eigenvalue weighted by molar-refractivity contribution is 0.449. The lowest BCUT2D eigenvalue weighted by Crippen LogP contribution is -2.29. The molecule has 0 saturated heterocycles. The van der Waals surface area contributed by atoms with E-state index in [2.05, 4.69) is 52.4 Å². The molecule has 15 heavy (non-hydrogen) atoms. The van der Waals surface area contributed by atoms with Gasteiger partial charge in [0, 0.05) is 17.1 Å². The Morgan fingerprint density at radius 2 is 2.27 bits per heavy atom. The van der Waals surface area contributed by atoms with E-state index < -0.39 is 0 Å². The van der Waals surface area contributed by atoms with Gasteiger partial charge in [0.2, 0.25) is 0 Å². The second kappa shape index (κ2) is 5.13. The number of hydrogen-bond donors (Lipinski definition) is 1. The van der Waals surface area contributed by atoms with Crippen molar-refractivity contribution in [1.82, 2.24) is 5.32 Å². The summed E-state index contributed by atoms with van der Waals surface area (Å²) in [5.74, 6) is 0.946. The maximum absolute atomic E-state index is 3.65. The molecule has 0 heterocycles. The fraction of sp³-hybridized carbons (Fsp3) is 0.538. The first-order chi connectivity index (χ1) is 7.29. The van der Waals surface area contributed by atoms with Gasteiger partial charge in [0.25, 0.3) is 0 Å². The van der Waals surface area contributed by atoms with Crippen LogP contribution in [0.3, 0.4) is 0 Å². The van der Waals surface area contributed by atoms with Crippen LogP contribution in [0.25, 0.3) is 0 Å². The van der Waals surface area contributed by atoms with Crippen molar-refractivity contribution >= 4 is 15.9 Å². The molecule has 1 nitrogen and oxygen atoms in total. The quantitative estimate of drug-likeness (QED) is 0.858. The first kappa shape index (κ1) is 11.2. The molecule has 1 aromatic rings. The minimum absolute atomic E-state index is 0.726. The van der Waals surface area contributed by atoms with Crippen LogP contribution in [-0.2, 0) is 6.54 Å². The number of nitrogens with one attached hydrogen (secondary N) is 1. The average Bonchev–Trinajstić information content (AvgIpc) is 3.03. The predicted octanol–water partition coefficient (Wildman–Crippen LogP) is 3.73. The molecule has 2 rings (SSSR count). The highest BCUT2D eigenvalue weighted by molar-refractivity contribution is 9.10. The lowest BCUT2D eigenvalue weighted by atomic mass is 10.1. The molecular formula is C13H18BrN. The van der Waals surface area contributed by atoms with Crippen LogP contribution in [0.2, 0.25) is 0 Å². The van der Waals surface area contributed by atoms with Crippen molar-refractivity contribution in [3.05, 3.63) is 34.3 Å². The maximum atomic E-state index is 3.65. The first-order valence-corrected chi connectivity index (χ1v) is 6.56. The molecule has 1 aromatic carbocycles. The van der Waals surface area contributed by atoms with E-state index in [1.54, 1.807) is 0 Å². The molecule has 0 bridgehead atoms. The molecule has 82 valence electrons. The molecule has 1 fully saturated rings. The molecule has 0 aliphatic heterocycles. The zero-order chi connectivity index (χ0) is 10.7. The van der Waals surface area contributed by atoms with Gasteiger partial charge in [-0.05, 0) is 42.9 Å². The van der Waals surface area contributed by atoms with E-state index in [4.69, 9.17) is 0 Å². The van der Waals surface area contributed by atoms with Crippen LogP contribution in [0.1, 0.15) is 31.7 Å². The van der Waals surface area contributed by atoms with Gasteiger partial charge >= 0.3 is 0 Å². The topological polar surface area (TPSA) is 12.0 Å². The highest BCUT2D eigenvalue weighted by Crippen LogP contribution is 2.34. The van der Waals surface area contributed by atoms with Gasteiger partial charge in [0.1, 0.15) is 0 Å². The number of rotatable bonds is 5. The number of benzene rings is 1. The molecule has 2 heteroatoms. The van der Waals surface area contributed by atoms with Gasteiger partial charge in [0.05, 0.1) is 0 Å². The van der Waals surface area contributed by atoms with E-state index in [0.717, 1.165) is 18.5 Å². The van der Waals surface area contributed by atoms with Crippen molar-refractivity contribution in [2.45, 2.75) is 38.8 Å². The van der Waals surface area contributed by atoms with Crippen LogP contribution < -0.4 is 5.32 Å². The van der Waals surface area contributed by atoms with Crippen LogP contribution >= 0.6 is 15.9 Å². The standard InChI is InChI=1S/C13H18BrN/c1-2-13(11-6-7-11)15-9-10-4-3-5-12(14)8-10/h3-5,8,11,13,15H,2,6-7,9H2,1H3. The van der Waals surface area contributed by atoms with E-state index in [1.165, 1.54) is 29.3 Å². The molecule has 1 aliphatic carbocycles. The summed E-state index contributed by atoms with van der Waals surface area (Å²) in [6.07, 6.45) is 4.09. The molecule has 0 radical (unpaired) electrons. The Morgan fingerprint density at radius 1 is 1.47 bits per heavy atom. The molecular weight excluding hydrogens is 250 g/mol. The zero-order valence-electron chi connectivity index (χ0n) is 9.17. The molecule has 0 spiro atoms. The maximum Gasteiger partial charge on any atom is 0.0208 e. The second-order valence-corrected chi connectivity index (χ2v) is 5.28. The lowest BCUT2D eigenvalue weighted by Gasteiger charge is -2.16. The summed E-state index contributed by atoms with van der Waals surface area (Å²) in [6.45, 7) is 3.27. The Hall–Kier alpha value is -0.340. The van der Waals surface area contributed by atoms with E-state index in [0.29, 0.717) is 0 Å². The normalized spacial score (nSPS) is 17.7. The highest BCUT2D eigenvalue weighted by atomic mass is 79.9. The molecule has 1 unspecified atom stereocenters. The summed E-state index contributed by atoms with van der Waals surface area (Å²) in [5, 5.41) is 3.65. The summed E-state index contributed by atoms with van der Waals surface area (Å²) in [6, 6.07) is 9.26. The third kappa shape index (κ3) is 3.32. The molecule has 0 aromatic heterocycles. The van der Waals surface area contributed by atoms with Crippen molar-refractivity contribution in [2.24, 2.45) is 5.92 Å². The molecule has 1 N–H and O–H groups in total. The van der Waals surface area contributed by atoms with E-state index in [9.17, 15) is 0 Å². The third-order valence-electron chi connectivity index (χ3n) is 3.09. The predicted molar refractivity (Wildman–Crippen MR) is 67.8 cm³/mol. The highest BCUT2D eigenvalue weighted by Gasteiger charge is 2.29. The monoisotopic (exact) mass is 267 g/mol. The van der Waals surface area contributed by atoms with Gasteiger partial charge < -0.3 is 5.32 Å². The molecule has 1 saturated carbocycles. The van der Waals surface area contributed by atoms with Gasteiger partial charge in [0.15, 0.2) is 0 Å². The van der Waals surface area contributed by atoms with E-state index in [1.807, 2.05) is 0 Å². The summed E-state index contributed by atoms with van der Waals surface area (Å²) in [5.41, 5.74) is 1.36. The van der Waals surface area contributed by atoms with Crippen LogP contribution in [0.15, 0.2) is 28.7 Å². The molecule has 1 atom stereocenters. The first-order valence-electron chi connectivity index (χ1n) is 5.77. The second-order valence-electron chi connectivity index (χ2n) is 4.36. The minimum Gasteiger partial charge on any atom is -0.310 e. The summed E-state index contributed by atoms with van der Waals surface area (Å²) < 4.78 is 1.17. The Kier molecular flexibility index (Phi) is 3.81. The smallest absolute Gasteiger partial charge is 0.0208 e. The van der Waals surface area contributed by atoms with Crippen LogP contribution in [-0.4, -0.2) is 6.04 Å². The third-order valence-corrected chi connectivity index (χ3v) is 3.58. The number of halogens is 1. The summed E-state index contributed by atoms with van der Waals surface area (Å²) in [7, 11) is 0. The Balaban J connectivity index is 1.86. The summed E-state index contributed by atoms with van der Waals surface area (Å²) >= 11 is 3.50. The molecule has 0 amide bonds. The Morgan fingerprint density at radius 3 is 2.87 bits per heavy atom. The number of hydrogen-bond acceptors (Lipinski definition) is 1.